The van der Waals surface area contributed by atoms with E-state index < -0.39 is 0 Å². The highest BCUT2D eigenvalue weighted by atomic mass is 16.5. The van der Waals surface area contributed by atoms with Crippen LogP contribution in [0.1, 0.15) is 24.0 Å². The molecule has 2 aliphatic rings. The van der Waals surface area contributed by atoms with Gasteiger partial charge in [-0.1, -0.05) is 24.3 Å². The highest BCUT2D eigenvalue weighted by Crippen LogP contribution is 2.43. The zero-order valence-corrected chi connectivity index (χ0v) is 10.6. The second-order valence-electron chi connectivity index (χ2n) is 5.30. The molecule has 1 aromatic carbocycles. The highest BCUT2D eigenvalue weighted by Gasteiger charge is 2.40. The van der Waals surface area contributed by atoms with E-state index in [2.05, 4.69) is 18.2 Å². The highest BCUT2D eigenvalue weighted by molar-refractivity contribution is 5.74. The Morgan fingerprint density at radius 2 is 2.05 bits per heavy atom. The fraction of sp³-hybridized carbons (Fsp3) is 0.375. The Bertz CT molecular complexity index is 553. The monoisotopic (exact) mass is 253 g/mol. The Hall–Kier alpha value is -2.08. The lowest BCUT2D eigenvalue weighted by molar-refractivity contribution is -0.150. The molecule has 3 nitrogen and oxygen atoms in total. The van der Waals surface area contributed by atoms with Crippen LogP contribution in [-0.2, 0) is 16.1 Å². The first-order chi connectivity index (χ1) is 9.26. The maximum atomic E-state index is 12.0. The van der Waals surface area contributed by atoms with Crippen LogP contribution in [0.5, 0.6) is 0 Å². The Kier molecular flexibility index (Phi) is 3.08. The molecule has 0 amide bonds. The molecule has 0 radical (unpaired) electrons. The van der Waals surface area contributed by atoms with E-state index >= 15 is 0 Å². The van der Waals surface area contributed by atoms with Crippen molar-refractivity contribution in [3.8, 4) is 6.07 Å². The van der Waals surface area contributed by atoms with Crippen molar-refractivity contribution in [2.45, 2.75) is 19.4 Å². The number of rotatable bonds is 3. The van der Waals surface area contributed by atoms with E-state index in [9.17, 15) is 4.79 Å². The first-order valence-electron chi connectivity index (χ1n) is 6.60. The van der Waals surface area contributed by atoms with Gasteiger partial charge >= 0.3 is 5.97 Å². The van der Waals surface area contributed by atoms with Gasteiger partial charge in [0.25, 0.3) is 0 Å². The minimum Gasteiger partial charge on any atom is -0.461 e. The number of hydrogen-bond donors (Lipinski definition) is 0. The second-order valence-corrected chi connectivity index (χ2v) is 5.30. The van der Waals surface area contributed by atoms with Crippen LogP contribution >= 0.6 is 0 Å². The minimum absolute atomic E-state index is 0.0494. The molecular weight excluding hydrogens is 238 g/mol. The molecule has 1 fully saturated rings. The Morgan fingerprint density at radius 1 is 1.26 bits per heavy atom. The molecule has 3 heteroatoms. The van der Waals surface area contributed by atoms with Crippen molar-refractivity contribution < 1.29 is 9.53 Å². The average molecular weight is 253 g/mol. The summed E-state index contributed by atoms with van der Waals surface area (Å²) in [6, 6.07) is 9.20. The van der Waals surface area contributed by atoms with Gasteiger partial charge in [-0.25, -0.2) is 0 Å². The molecule has 2 aliphatic carbocycles. The lowest BCUT2D eigenvalue weighted by Gasteiger charge is -2.16. The quantitative estimate of drug-likeness (QED) is 0.614. The van der Waals surface area contributed by atoms with Gasteiger partial charge in [0.05, 0.1) is 17.6 Å². The van der Waals surface area contributed by atoms with Gasteiger partial charge in [0.2, 0.25) is 0 Å². The SMILES string of the molecule is N#Cc1ccc(COC(=O)[C@H]2C[C@H]3C=C[C@H]2C3)cc1. The first-order valence-corrected chi connectivity index (χ1v) is 6.60. The molecule has 1 aromatic rings. The number of ether oxygens (including phenoxy) is 1. The molecular formula is C16H15NO2. The van der Waals surface area contributed by atoms with E-state index in [0.29, 0.717) is 24.0 Å². The zero-order chi connectivity index (χ0) is 13.2. The van der Waals surface area contributed by atoms with Gasteiger partial charge in [-0.15, -0.1) is 0 Å². The third kappa shape index (κ3) is 2.39. The lowest BCUT2D eigenvalue weighted by atomic mass is 9.94. The van der Waals surface area contributed by atoms with E-state index in [1.165, 1.54) is 0 Å². The normalized spacial score (nSPS) is 27.2. The van der Waals surface area contributed by atoms with Crippen LogP contribution in [0.4, 0.5) is 0 Å². The van der Waals surface area contributed by atoms with Gasteiger partial charge in [-0.3, -0.25) is 4.79 Å². The Balaban J connectivity index is 1.56. The van der Waals surface area contributed by atoms with Crippen LogP contribution < -0.4 is 0 Å². The number of nitrogens with zero attached hydrogens (tertiary/aromatic N) is 1. The number of benzene rings is 1. The van der Waals surface area contributed by atoms with Gasteiger partial charge in [-0.2, -0.15) is 5.26 Å². The van der Waals surface area contributed by atoms with Gasteiger partial charge in [0.15, 0.2) is 0 Å². The third-order valence-electron chi connectivity index (χ3n) is 4.05. The van der Waals surface area contributed by atoms with E-state index in [4.69, 9.17) is 10.00 Å². The van der Waals surface area contributed by atoms with Crippen LogP contribution in [-0.4, -0.2) is 5.97 Å². The van der Waals surface area contributed by atoms with Crippen molar-refractivity contribution in [2.75, 3.05) is 0 Å². The van der Waals surface area contributed by atoms with E-state index in [1.807, 2.05) is 12.1 Å². The number of esters is 1. The predicted octanol–water partition coefficient (Wildman–Crippen LogP) is 2.81. The van der Waals surface area contributed by atoms with E-state index in [-0.39, 0.29) is 11.9 Å². The van der Waals surface area contributed by atoms with E-state index in [0.717, 1.165) is 18.4 Å². The zero-order valence-electron chi connectivity index (χ0n) is 10.6. The summed E-state index contributed by atoms with van der Waals surface area (Å²) in [6.45, 7) is 0.294. The number of allylic oxidation sites excluding steroid dienone is 2. The second kappa shape index (κ2) is 4.89. The number of nitriles is 1. The number of hydrogen-bond acceptors (Lipinski definition) is 3. The molecule has 0 aliphatic heterocycles. The molecule has 0 unspecified atom stereocenters. The van der Waals surface area contributed by atoms with Crippen molar-refractivity contribution in [3.63, 3.8) is 0 Å². The van der Waals surface area contributed by atoms with Crippen molar-refractivity contribution in [3.05, 3.63) is 47.5 Å². The van der Waals surface area contributed by atoms with Gasteiger partial charge in [-0.05, 0) is 42.4 Å². The summed E-state index contributed by atoms with van der Waals surface area (Å²) >= 11 is 0. The summed E-state index contributed by atoms with van der Waals surface area (Å²) in [7, 11) is 0. The maximum absolute atomic E-state index is 12.0. The minimum atomic E-state index is -0.0822. The van der Waals surface area contributed by atoms with Crippen molar-refractivity contribution in [1.29, 1.82) is 5.26 Å². The van der Waals surface area contributed by atoms with Crippen molar-refractivity contribution in [1.82, 2.24) is 0 Å². The van der Waals surface area contributed by atoms with Gasteiger partial charge < -0.3 is 4.74 Å². The Morgan fingerprint density at radius 3 is 2.63 bits per heavy atom. The molecule has 0 saturated heterocycles. The van der Waals surface area contributed by atoms with E-state index in [1.54, 1.807) is 12.1 Å². The van der Waals surface area contributed by atoms with Crippen LogP contribution in [0, 0.1) is 29.1 Å². The summed E-state index contributed by atoms with van der Waals surface area (Å²) < 4.78 is 5.38. The molecule has 3 atom stereocenters. The maximum Gasteiger partial charge on any atom is 0.309 e. The van der Waals surface area contributed by atoms with Crippen LogP contribution in [0.15, 0.2) is 36.4 Å². The molecule has 19 heavy (non-hydrogen) atoms. The average Bonchev–Trinajstić information content (AvgIpc) is 3.08. The van der Waals surface area contributed by atoms with Crippen molar-refractivity contribution >= 4 is 5.97 Å². The largest absolute Gasteiger partial charge is 0.461 e. The molecule has 2 bridgehead atoms. The lowest BCUT2D eigenvalue weighted by Crippen LogP contribution is -2.21. The smallest absolute Gasteiger partial charge is 0.309 e. The summed E-state index contributed by atoms with van der Waals surface area (Å²) in [5, 5.41) is 8.71. The third-order valence-corrected chi connectivity index (χ3v) is 4.05. The molecule has 3 rings (SSSR count). The predicted molar refractivity (Wildman–Crippen MR) is 69.8 cm³/mol. The molecule has 96 valence electrons. The molecule has 0 heterocycles. The Labute approximate surface area is 112 Å². The molecule has 0 N–H and O–H groups in total. The number of carbonyl (C=O) groups excluding carboxylic acids is 1. The molecule has 0 aromatic heterocycles. The summed E-state index contributed by atoms with van der Waals surface area (Å²) in [4.78, 5) is 12.0. The summed E-state index contributed by atoms with van der Waals surface area (Å²) in [5.41, 5.74) is 1.54. The van der Waals surface area contributed by atoms with Gasteiger partial charge in [0, 0.05) is 0 Å². The summed E-state index contributed by atoms with van der Waals surface area (Å²) in [5.74, 6) is 0.936. The van der Waals surface area contributed by atoms with Crippen molar-refractivity contribution in [2.24, 2.45) is 17.8 Å². The topological polar surface area (TPSA) is 50.1 Å². The summed E-state index contributed by atoms with van der Waals surface area (Å²) in [6.07, 6.45) is 6.42. The molecule has 0 spiro atoms. The standard InChI is InChI=1S/C16H15NO2/c17-9-11-1-3-12(4-2-11)10-19-16(18)15-8-13-5-6-14(15)7-13/h1-6,13-15H,7-8,10H2/t13-,14-,15-/m0/s1. The first kappa shape index (κ1) is 12.0. The fourth-order valence-corrected chi connectivity index (χ4v) is 2.99. The van der Waals surface area contributed by atoms with Crippen LogP contribution in [0.3, 0.4) is 0 Å². The number of fused-ring (bicyclic) bond motifs is 2. The van der Waals surface area contributed by atoms with Gasteiger partial charge in [0.1, 0.15) is 6.61 Å². The molecule has 1 saturated carbocycles. The fourth-order valence-electron chi connectivity index (χ4n) is 2.99. The van der Waals surface area contributed by atoms with Crippen LogP contribution in [0.2, 0.25) is 0 Å². The van der Waals surface area contributed by atoms with Crippen LogP contribution in [0.25, 0.3) is 0 Å². The number of carbonyl (C=O) groups is 1.